The molecule has 0 aromatic carbocycles. The van der Waals surface area contributed by atoms with Gasteiger partial charge in [-0.3, -0.25) is 4.98 Å². The van der Waals surface area contributed by atoms with Gasteiger partial charge >= 0.3 is 5.97 Å². The number of hydrogen-bond acceptors (Lipinski definition) is 4. The van der Waals surface area contributed by atoms with Gasteiger partial charge in [-0.2, -0.15) is 0 Å². The molecule has 0 bridgehead atoms. The van der Waals surface area contributed by atoms with Gasteiger partial charge in [0.15, 0.2) is 0 Å². The maximum absolute atomic E-state index is 10.9. The number of nitrogens with zero attached hydrogens (tertiary/aromatic N) is 1. The van der Waals surface area contributed by atoms with Crippen molar-refractivity contribution in [3.05, 3.63) is 24.0 Å². The van der Waals surface area contributed by atoms with Crippen molar-refractivity contribution >= 4 is 11.7 Å². The first kappa shape index (κ1) is 10.1. The summed E-state index contributed by atoms with van der Waals surface area (Å²) >= 11 is 0. The van der Waals surface area contributed by atoms with Crippen molar-refractivity contribution in [2.75, 3.05) is 12.3 Å². The molecule has 0 fully saturated rings. The summed E-state index contributed by atoms with van der Waals surface area (Å²) in [7, 11) is 0. The van der Waals surface area contributed by atoms with E-state index in [2.05, 4.69) is 21.6 Å². The van der Waals surface area contributed by atoms with Crippen LogP contribution >= 0.6 is 0 Å². The summed E-state index contributed by atoms with van der Waals surface area (Å²) in [5.74, 6) is 4.38. The molecule has 1 aromatic rings. The van der Waals surface area contributed by atoms with Gasteiger partial charge in [-0.25, -0.2) is 4.79 Å². The van der Waals surface area contributed by atoms with Gasteiger partial charge in [-0.05, 0) is 13.0 Å². The van der Waals surface area contributed by atoms with E-state index in [4.69, 9.17) is 5.73 Å². The molecular weight excluding hydrogens is 180 g/mol. The van der Waals surface area contributed by atoms with Crippen molar-refractivity contribution in [3.63, 3.8) is 0 Å². The summed E-state index contributed by atoms with van der Waals surface area (Å²) in [5.41, 5.74) is 6.59. The van der Waals surface area contributed by atoms with Crippen molar-refractivity contribution in [2.45, 2.75) is 6.92 Å². The third-order valence-corrected chi connectivity index (χ3v) is 1.34. The lowest BCUT2D eigenvalue weighted by molar-refractivity contribution is -0.136. The predicted molar refractivity (Wildman–Crippen MR) is 52.2 cm³/mol. The number of hydrogen-bond donors (Lipinski definition) is 1. The van der Waals surface area contributed by atoms with E-state index < -0.39 is 5.97 Å². The number of carbonyl (C=O) groups is 1. The summed E-state index contributed by atoms with van der Waals surface area (Å²) < 4.78 is 4.63. The Morgan fingerprint density at radius 3 is 3.07 bits per heavy atom. The Bertz CT molecular complexity index is 391. The Morgan fingerprint density at radius 1 is 1.64 bits per heavy atom. The van der Waals surface area contributed by atoms with Crippen LogP contribution in [0.5, 0.6) is 0 Å². The summed E-state index contributed by atoms with van der Waals surface area (Å²) in [5, 5.41) is 0. The van der Waals surface area contributed by atoms with Crippen LogP contribution in [-0.2, 0) is 9.53 Å². The van der Waals surface area contributed by atoms with E-state index in [-0.39, 0.29) is 0 Å². The number of esters is 1. The first-order valence-corrected chi connectivity index (χ1v) is 4.11. The molecule has 1 rings (SSSR count). The number of aromatic nitrogens is 1. The molecule has 0 aliphatic carbocycles. The fourth-order valence-corrected chi connectivity index (χ4v) is 0.816. The van der Waals surface area contributed by atoms with Crippen molar-refractivity contribution in [1.82, 2.24) is 4.98 Å². The number of pyridine rings is 1. The van der Waals surface area contributed by atoms with Gasteiger partial charge < -0.3 is 10.5 Å². The Hall–Kier alpha value is -2.02. The first-order valence-electron chi connectivity index (χ1n) is 4.11. The SMILES string of the molecule is CCOC(=O)C#Cc1cncc(N)c1. The van der Waals surface area contributed by atoms with Crippen LogP contribution < -0.4 is 5.73 Å². The number of anilines is 1. The average molecular weight is 190 g/mol. The second-order valence-corrected chi connectivity index (χ2v) is 2.48. The minimum Gasteiger partial charge on any atom is -0.456 e. The maximum atomic E-state index is 10.9. The smallest absolute Gasteiger partial charge is 0.384 e. The summed E-state index contributed by atoms with van der Waals surface area (Å²) in [4.78, 5) is 14.7. The van der Waals surface area contributed by atoms with Crippen molar-refractivity contribution in [3.8, 4) is 11.8 Å². The molecule has 14 heavy (non-hydrogen) atoms. The molecule has 0 radical (unpaired) electrons. The van der Waals surface area contributed by atoms with Crippen LogP contribution in [0.25, 0.3) is 0 Å². The molecule has 0 unspecified atom stereocenters. The molecule has 0 aliphatic heterocycles. The summed E-state index contributed by atoms with van der Waals surface area (Å²) in [6.45, 7) is 2.05. The quantitative estimate of drug-likeness (QED) is 0.519. The third kappa shape index (κ3) is 3.15. The molecule has 4 nitrogen and oxygen atoms in total. The van der Waals surface area contributed by atoms with Crippen LogP contribution in [0.3, 0.4) is 0 Å². The zero-order valence-electron chi connectivity index (χ0n) is 7.78. The highest BCUT2D eigenvalue weighted by molar-refractivity contribution is 5.89. The Balaban J connectivity index is 2.72. The van der Waals surface area contributed by atoms with Crippen molar-refractivity contribution in [2.24, 2.45) is 0 Å². The molecule has 1 aromatic heterocycles. The molecule has 4 heteroatoms. The van der Waals surface area contributed by atoms with Gasteiger partial charge in [0.05, 0.1) is 12.3 Å². The molecule has 0 atom stereocenters. The minimum atomic E-state index is -0.546. The van der Waals surface area contributed by atoms with Crippen molar-refractivity contribution < 1.29 is 9.53 Å². The van der Waals surface area contributed by atoms with Gasteiger partial charge in [-0.15, -0.1) is 0 Å². The lowest BCUT2D eigenvalue weighted by Gasteiger charge is -1.92. The van der Waals surface area contributed by atoms with Crippen LogP contribution in [0.15, 0.2) is 18.5 Å². The van der Waals surface area contributed by atoms with E-state index in [1.807, 2.05) is 0 Å². The van der Waals surface area contributed by atoms with E-state index in [1.165, 1.54) is 12.4 Å². The molecule has 0 saturated heterocycles. The highest BCUT2D eigenvalue weighted by Crippen LogP contribution is 2.01. The predicted octanol–water partition coefficient (Wildman–Crippen LogP) is 0.578. The third-order valence-electron chi connectivity index (χ3n) is 1.34. The second-order valence-electron chi connectivity index (χ2n) is 2.48. The van der Waals surface area contributed by atoms with Gasteiger partial charge in [0.25, 0.3) is 0 Å². The maximum Gasteiger partial charge on any atom is 0.384 e. The number of rotatable bonds is 1. The largest absolute Gasteiger partial charge is 0.456 e. The molecule has 0 saturated carbocycles. The molecular formula is C10H10N2O2. The van der Waals surface area contributed by atoms with Crippen LogP contribution in [-0.4, -0.2) is 17.6 Å². The lowest BCUT2D eigenvalue weighted by Crippen LogP contribution is -1.99. The van der Waals surface area contributed by atoms with E-state index >= 15 is 0 Å². The van der Waals surface area contributed by atoms with Gasteiger partial charge in [0.2, 0.25) is 0 Å². The van der Waals surface area contributed by atoms with Gasteiger partial charge in [-0.1, -0.05) is 5.92 Å². The topological polar surface area (TPSA) is 65.2 Å². The first-order chi connectivity index (χ1) is 6.72. The van der Waals surface area contributed by atoms with E-state index in [0.717, 1.165) is 0 Å². The zero-order valence-corrected chi connectivity index (χ0v) is 7.78. The molecule has 0 amide bonds. The molecule has 72 valence electrons. The fourth-order valence-electron chi connectivity index (χ4n) is 0.816. The van der Waals surface area contributed by atoms with Crippen molar-refractivity contribution in [1.29, 1.82) is 0 Å². The van der Waals surface area contributed by atoms with Gasteiger partial charge in [0, 0.05) is 23.9 Å². The number of nitrogen functional groups attached to an aromatic ring is 1. The zero-order chi connectivity index (χ0) is 10.4. The minimum absolute atomic E-state index is 0.322. The Kier molecular flexibility index (Phi) is 3.50. The second kappa shape index (κ2) is 4.87. The highest BCUT2D eigenvalue weighted by atomic mass is 16.5. The average Bonchev–Trinajstić information content (AvgIpc) is 2.15. The molecule has 2 N–H and O–H groups in total. The molecule has 0 spiro atoms. The fraction of sp³-hybridized carbons (Fsp3) is 0.200. The van der Waals surface area contributed by atoms with E-state index in [1.54, 1.807) is 13.0 Å². The number of ether oxygens (including phenoxy) is 1. The van der Waals surface area contributed by atoms with Crippen LogP contribution in [0.2, 0.25) is 0 Å². The highest BCUT2D eigenvalue weighted by Gasteiger charge is 1.93. The van der Waals surface area contributed by atoms with E-state index in [0.29, 0.717) is 17.9 Å². The Morgan fingerprint density at radius 2 is 2.43 bits per heavy atom. The standard InChI is InChI=1S/C10H10N2O2/c1-2-14-10(13)4-3-8-5-9(11)7-12-6-8/h5-7H,2,11H2,1H3. The molecule has 0 aliphatic rings. The summed E-state index contributed by atoms with van der Waals surface area (Å²) in [6, 6.07) is 1.64. The van der Waals surface area contributed by atoms with Gasteiger partial charge in [0.1, 0.15) is 0 Å². The number of nitrogens with two attached hydrogens (primary N) is 1. The Labute approximate surface area is 82.1 Å². The van der Waals surface area contributed by atoms with Crippen LogP contribution in [0, 0.1) is 11.8 Å². The lowest BCUT2D eigenvalue weighted by atomic mass is 10.3. The van der Waals surface area contributed by atoms with Crippen LogP contribution in [0.1, 0.15) is 12.5 Å². The summed E-state index contributed by atoms with van der Waals surface area (Å²) in [6.07, 6.45) is 3.04. The molecule has 1 heterocycles. The van der Waals surface area contributed by atoms with Crippen LogP contribution in [0.4, 0.5) is 5.69 Å². The normalized spacial score (nSPS) is 8.64. The van der Waals surface area contributed by atoms with E-state index in [9.17, 15) is 4.79 Å². The number of carbonyl (C=O) groups excluding carboxylic acids is 1. The monoisotopic (exact) mass is 190 g/mol.